The van der Waals surface area contributed by atoms with Crippen molar-refractivity contribution in [2.75, 3.05) is 7.05 Å². The minimum atomic E-state index is -0.783. The van der Waals surface area contributed by atoms with Gasteiger partial charge in [0.2, 0.25) is 0 Å². The van der Waals surface area contributed by atoms with Gasteiger partial charge in [0, 0.05) is 39.4 Å². The van der Waals surface area contributed by atoms with Crippen LogP contribution in [0.15, 0.2) is 78.0 Å². The number of likely N-dealkylation sites (N-methyl/N-ethyl adjacent to an activating group) is 1. The van der Waals surface area contributed by atoms with Crippen LogP contribution in [0.2, 0.25) is 0 Å². The molecule has 2 aromatic carbocycles. The third kappa shape index (κ3) is 5.84. The highest BCUT2D eigenvalue weighted by Gasteiger charge is 2.54. The fourth-order valence-corrected chi connectivity index (χ4v) is 5.74. The van der Waals surface area contributed by atoms with Crippen molar-refractivity contribution in [3.63, 3.8) is 0 Å². The number of nitrogens with one attached hydrogen (secondary N) is 1. The highest BCUT2D eigenvalue weighted by Crippen LogP contribution is 2.55. The number of nitrogen functional groups attached to an aromatic ring is 1. The van der Waals surface area contributed by atoms with Crippen LogP contribution in [0.5, 0.6) is 0 Å². The molecule has 2 heterocycles. The number of carbonyl (C=O) groups is 2. The van der Waals surface area contributed by atoms with Gasteiger partial charge in [-0.3, -0.25) is 20.0 Å². The molecule has 1 aliphatic carbocycles. The van der Waals surface area contributed by atoms with E-state index in [1.54, 1.807) is 24.5 Å². The second-order valence-electron chi connectivity index (χ2n) is 10.5. The smallest absolute Gasteiger partial charge is 0.322 e. The predicted octanol–water partition coefficient (Wildman–Crippen LogP) is 4.74. The summed E-state index contributed by atoms with van der Waals surface area (Å²) in [6.07, 6.45) is 4.15. The first-order valence-corrected chi connectivity index (χ1v) is 13.6. The molecule has 9 heteroatoms. The number of carboxylic acids is 1. The van der Waals surface area contributed by atoms with Crippen molar-refractivity contribution in [2.45, 2.75) is 31.2 Å². The van der Waals surface area contributed by atoms with Crippen LogP contribution >= 0.6 is 11.9 Å². The molecule has 2 unspecified atom stereocenters. The fraction of sp³-hybridized carbons (Fsp3) is 0.226. The predicted molar refractivity (Wildman–Crippen MR) is 156 cm³/mol. The van der Waals surface area contributed by atoms with Gasteiger partial charge >= 0.3 is 5.97 Å². The first kappa shape index (κ1) is 27.3. The Labute approximate surface area is 237 Å². The summed E-state index contributed by atoms with van der Waals surface area (Å²) in [6.45, 7) is 4.23. The van der Waals surface area contributed by atoms with Crippen molar-refractivity contribution in [1.29, 1.82) is 0 Å². The van der Waals surface area contributed by atoms with Crippen LogP contribution in [0.4, 0.5) is 0 Å². The Kier molecular flexibility index (Phi) is 7.59. The molecule has 40 heavy (non-hydrogen) atoms. The van der Waals surface area contributed by atoms with E-state index in [1.807, 2.05) is 59.9 Å². The Bertz CT molecular complexity index is 1640. The lowest BCUT2D eigenvalue weighted by atomic mass is 10.0. The van der Waals surface area contributed by atoms with Crippen molar-refractivity contribution in [3.05, 3.63) is 89.7 Å². The molecule has 5 rings (SSSR count). The van der Waals surface area contributed by atoms with Gasteiger partial charge in [0.1, 0.15) is 6.04 Å². The number of aliphatic carboxylic acids is 1. The Balaban J connectivity index is 1.28. The lowest BCUT2D eigenvalue weighted by molar-refractivity contribution is -0.142. The first-order chi connectivity index (χ1) is 19.2. The zero-order valence-electron chi connectivity index (χ0n) is 22.4. The van der Waals surface area contributed by atoms with Gasteiger partial charge in [0.15, 0.2) is 0 Å². The van der Waals surface area contributed by atoms with Crippen molar-refractivity contribution >= 4 is 34.7 Å². The number of rotatable bonds is 7. The number of fused-ring (bicyclic) bond motifs is 1. The molecule has 202 valence electrons. The maximum absolute atomic E-state index is 12.3. The number of aromatic nitrogens is 2. The van der Waals surface area contributed by atoms with Crippen molar-refractivity contribution in [1.82, 2.24) is 19.7 Å². The van der Waals surface area contributed by atoms with Crippen molar-refractivity contribution < 1.29 is 14.7 Å². The number of hydrogen-bond acceptors (Lipinski definition) is 7. The Hall–Kier alpha value is -4.23. The summed E-state index contributed by atoms with van der Waals surface area (Å²) in [4.78, 5) is 33.9. The Morgan fingerprint density at radius 2 is 1.73 bits per heavy atom. The summed E-state index contributed by atoms with van der Waals surface area (Å²) < 4.78 is 1.84. The van der Waals surface area contributed by atoms with Crippen LogP contribution in [-0.2, 0) is 4.79 Å². The van der Waals surface area contributed by atoms with Gasteiger partial charge in [-0.1, -0.05) is 37.8 Å². The number of hydrogen-bond donors (Lipinski definition) is 3. The average molecular weight is 552 g/mol. The van der Waals surface area contributed by atoms with Crippen LogP contribution in [0.25, 0.3) is 22.2 Å². The van der Waals surface area contributed by atoms with E-state index in [4.69, 9.17) is 5.84 Å². The quantitative estimate of drug-likeness (QED) is 0.0990. The molecule has 2 atom stereocenters. The number of carboxylic acid groups (broad SMARTS) is 1. The van der Waals surface area contributed by atoms with E-state index < -0.39 is 17.9 Å². The van der Waals surface area contributed by atoms with Gasteiger partial charge in [-0.2, -0.15) is 0 Å². The summed E-state index contributed by atoms with van der Waals surface area (Å²) in [6, 6.07) is 18.4. The monoisotopic (exact) mass is 551 g/mol. The molecule has 4 aromatic rings. The number of amides is 1. The molecule has 2 aromatic heterocycles. The molecule has 0 bridgehead atoms. The van der Waals surface area contributed by atoms with Crippen LogP contribution in [0.1, 0.15) is 41.8 Å². The molecule has 8 nitrogen and oxygen atoms in total. The van der Waals surface area contributed by atoms with Gasteiger partial charge in [-0.05, 0) is 85.3 Å². The van der Waals surface area contributed by atoms with E-state index in [1.165, 1.54) is 11.9 Å². The van der Waals surface area contributed by atoms with E-state index in [0.29, 0.717) is 22.2 Å². The topological polar surface area (TPSA) is 121 Å². The van der Waals surface area contributed by atoms with E-state index in [2.05, 4.69) is 41.1 Å². The number of nitrogens with two attached hydrogens (primary N) is 1. The third-order valence-corrected chi connectivity index (χ3v) is 8.24. The Morgan fingerprint density at radius 1 is 1.10 bits per heavy atom. The highest BCUT2D eigenvalue weighted by molar-refractivity contribution is 7.97. The van der Waals surface area contributed by atoms with Gasteiger partial charge in [-0.15, -0.1) is 0 Å². The molecule has 4 N–H and O–H groups in total. The van der Waals surface area contributed by atoms with Crippen LogP contribution < -0.4 is 11.3 Å². The average Bonchev–Trinajstić information content (AvgIpc) is 3.57. The summed E-state index contributed by atoms with van der Waals surface area (Å²) >= 11 is 1.44. The van der Waals surface area contributed by atoms with E-state index in [9.17, 15) is 14.7 Å². The molecule has 0 aliphatic heterocycles. The van der Waals surface area contributed by atoms with E-state index in [-0.39, 0.29) is 11.3 Å². The second-order valence-corrected chi connectivity index (χ2v) is 11.7. The minimum absolute atomic E-state index is 0.0726. The number of nitrogens with zero attached hydrogens (tertiary/aromatic N) is 3. The van der Waals surface area contributed by atoms with Gasteiger partial charge < -0.3 is 5.11 Å². The summed E-state index contributed by atoms with van der Waals surface area (Å²) in [7, 11) is 1.84. The molecule has 0 saturated heterocycles. The number of pyridine rings is 2. The van der Waals surface area contributed by atoms with Crippen LogP contribution in [-0.4, -0.2) is 44.3 Å². The first-order valence-electron chi connectivity index (χ1n) is 12.8. The molecule has 1 aliphatic rings. The SMILES string of the molecule is CN(Sc1ccc(C#Cc2ccc(-c3cc(C(=O)NN)c4cnccc4n3)cc2)cc1)C(C(=O)O)C1CC1(C)C. The zero-order valence-corrected chi connectivity index (χ0v) is 23.2. The molecule has 1 amide bonds. The normalized spacial score (nSPS) is 16.2. The molecule has 1 saturated carbocycles. The van der Waals surface area contributed by atoms with Gasteiger partial charge in [0.25, 0.3) is 5.91 Å². The van der Waals surface area contributed by atoms with Gasteiger partial charge in [0.05, 0.1) is 16.8 Å². The minimum Gasteiger partial charge on any atom is -0.480 e. The Morgan fingerprint density at radius 3 is 2.30 bits per heavy atom. The van der Waals surface area contributed by atoms with Crippen molar-refractivity contribution in [2.24, 2.45) is 17.2 Å². The van der Waals surface area contributed by atoms with Gasteiger partial charge in [-0.25, -0.2) is 15.1 Å². The molecule has 0 spiro atoms. The second kappa shape index (κ2) is 11.1. The zero-order chi connectivity index (χ0) is 28.4. The van der Waals surface area contributed by atoms with E-state index in [0.717, 1.165) is 28.0 Å². The lowest BCUT2D eigenvalue weighted by Crippen LogP contribution is -2.37. The number of hydrazine groups is 1. The van der Waals surface area contributed by atoms with Crippen LogP contribution in [0, 0.1) is 23.2 Å². The summed E-state index contributed by atoms with van der Waals surface area (Å²) in [5.74, 6) is 10.7. The van der Waals surface area contributed by atoms with Crippen molar-refractivity contribution in [3.8, 4) is 23.1 Å². The van der Waals surface area contributed by atoms with Crippen LogP contribution in [0.3, 0.4) is 0 Å². The third-order valence-electron chi connectivity index (χ3n) is 7.24. The molecule has 0 radical (unpaired) electrons. The maximum atomic E-state index is 12.3. The molecular formula is C31H29N5O3S. The molecular weight excluding hydrogens is 522 g/mol. The molecule has 1 fully saturated rings. The van der Waals surface area contributed by atoms with E-state index >= 15 is 0 Å². The number of benzene rings is 2. The fourth-order valence-electron chi connectivity index (χ4n) is 4.80. The standard InChI is InChI=1S/C31H29N5O3S/c1-31(2)17-25(31)28(30(38)39)36(3)40-22-12-8-20(9-13-22)5-4-19-6-10-21(11-7-19)27-16-23(29(37)35-32)24-18-33-15-14-26(24)34-27/h6-16,18,25,28H,17,32H2,1-3H3,(H,35,37)(H,38,39). The summed E-state index contributed by atoms with van der Waals surface area (Å²) in [5.41, 5.74) is 6.49. The highest BCUT2D eigenvalue weighted by atomic mass is 32.2. The maximum Gasteiger partial charge on any atom is 0.322 e. The summed E-state index contributed by atoms with van der Waals surface area (Å²) in [5, 5.41) is 10.4. The lowest BCUT2D eigenvalue weighted by Gasteiger charge is -2.24. The largest absolute Gasteiger partial charge is 0.480 e. The number of carbonyl (C=O) groups excluding carboxylic acids is 1.